The Morgan fingerprint density at radius 3 is 2.81 bits per heavy atom. The van der Waals surface area contributed by atoms with Gasteiger partial charge in [-0.2, -0.15) is 5.11 Å². The standard InChI is InChI=1S/C25H22N6/c1-27-24-14-16(8-11-23(24)31-26)19-6-2-3-7-22-20(19)15-29-25(30-22)18-9-10-21-17(13-18)5-4-12-28-21/h4-6,8-15,26-27H,2-3,7H2,1H3. The Bertz CT molecular complexity index is 1320. The van der Waals surface area contributed by atoms with Crippen LogP contribution in [0.4, 0.5) is 11.4 Å². The number of hydrogen-bond donors (Lipinski definition) is 2. The molecule has 2 aromatic heterocycles. The Labute approximate surface area is 180 Å². The molecule has 1 aliphatic rings. The summed E-state index contributed by atoms with van der Waals surface area (Å²) >= 11 is 0. The molecule has 2 heterocycles. The number of rotatable bonds is 4. The van der Waals surface area contributed by atoms with Gasteiger partial charge in [-0.05, 0) is 66.8 Å². The summed E-state index contributed by atoms with van der Waals surface area (Å²) in [6.45, 7) is 0. The third-order valence-corrected chi connectivity index (χ3v) is 5.68. The minimum atomic E-state index is 0.623. The van der Waals surface area contributed by atoms with Crippen LogP contribution in [0.2, 0.25) is 0 Å². The fourth-order valence-corrected chi connectivity index (χ4v) is 4.09. The van der Waals surface area contributed by atoms with Gasteiger partial charge in [-0.15, -0.1) is 0 Å². The molecule has 0 unspecified atom stereocenters. The summed E-state index contributed by atoms with van der Waals surface area (Å²) in [6.07, 6.45) is 8.97. The smallest absolute Gasteiger partial charge is 0.159 e. The normalized spacial score (nSPS) is 13.3. The van der Waals surface area contributed by atoms with Crippen molar-refractivity contribution in [2.75, 3.05) is 12.4 Å². The first-order chi connectivity index (χ1) is 15.3. The molecule has 1 aliphatic carbocycles. The van der Waals surface area contributed by atoms with Gasteiger partial charge in [0.1, 0.15) is 5.69 Å². The van der Waals surface area contributed by atoms with Crippen LogP contribution in [0, 0.1) is 5.53 Å². The van der Waals surface area contributed by atoms with Crippen molar-refractivity contribution in [3.63, 3.8) is 0 Å². The zero-order valence-electron chi connectivity index (χ0n) is 17.3. The van der Waals surface area contributed by atoms with Crippen molar-refractivity contribution < 1.29 is 0 Å². The van der Waals surface area contributed by atoms with E-state index in [1.807, 2.05) is 49.6 Å². The van der Waals surface area contributed by atoms with Crippen LogP contribution in [0.5, 0.6) is 0 Å². The Morgan fingerprint density at radius 1 is 1.03 bits per heavy atom. The lowest BCUT2D eigenvalue weighted by Gasteiger charge is -2.14. The molecule has 2 aromatic carbocycles. The molecule has 0 bridgehead atoms. The average Bonchev–Trinajstić information content (AvgIpc) is 3.05. The van der Waals surface area contributed by atoms with Gasteiger partial charge in [-0.1, -0.05) is 18.2 Å². The zero-order chi connectivity index (χ0) is 21.2. The van der Waals surface area contributed by atoms with Crippen molar-refractivity contribution >= 4 is 27.9 Å². The Morgan fingerprint density at radius 2 is 1.94 bits per heavy atom. The highest BCUT2D eigenvalue weighted by atomic mass is 15.0. The fraction of sp³-hybridized carbons (Fsp3) is 0.160. The second-order valence-electron chi connectivity index (χ2n) is 7.57. The molecule has 31 heavy (non-hydrogen) atoms. The van der Waals surface area contributed by atoms with Crippen molar-refractivity contribution in [3.8, 4) is 11.4 Å². The van der Waals surface area contributed by atoms with E-state index in [2.05, 4.69) is 33.6 Å². The van der Waals surface area contributed by atoms with Gasteiger partial charge in [0.2, 0.25) is 0 Å². The van der Waals surface area contributed by atoms with Crippen molar-refractivity contribution in [2.24, 2.45) is 5.11 Å². The van der Waals surface area contributed by atoms with Gasteiger partial charge in [0.15, 0.2) is 5.82 Å². The highest BCUT2D eigenvalue weighted by Gasteiger charge is 2.17. The molecular formula is C25H22N6. The van der Waals surface area contributed by atoms with Crippen molar-refractivity contribution in [1.82, 2.24) is 15.0 Å². The summed E-state index contributed by atoms with van der Waals surface area (Å²) < 4.78 is 0. The number of benzene rings is 2. The summed E-state index contributed by atoms with van der Waals surface area (Å²) in [4.78, 5) is 14.1. The number of fused-ring (bicyclic) bond motifs is 2. The first kappa shape index (κ1) is 19.1. The Kier molecular flexibility index (Phi) is 4.96. The Hall–Kier alpha value is -3.93. The number of pyridine rings is 1. The maximum absolute atomic E-state index is 7.36. The molecule has 152 valence electrons. The molecule has 0 radical (unpaired) electrons. The van der Waals surface area contributed by atoms with Crippen molar-refractivity contribution in [1.29, 1.82) is 5.53 Å². The number of nitrogens with one attached hydrogen (secondary N) is 2. The molecule has 0 spiro atoms. The Balaban J connectivity index is 1.57. The zero-order valence-corrected chi connectivity index (χ0v) is 17.3. The SMILES string of the molecule is CNc1cc(C2=CCCCc3nc(-c4ccc5ncccc5c4)ncc32)ccc1N=N. The van der Waals surface area contributed by atoms with Crippen molar-refractivity contribution in [2.45, 2.75) is 19.3 Å². The minimum absolute atomic E-state index is 0.623. The van der Waals surface area contributed by atoms with Gasteiger partial charge in [0.05, 0.1) is 16.9 Å². The molecule has 0 aliphatic heterocycles. The third kappa shape index (κ3) is 3.57. The van der Waals surface area contributed by atoms with E-state index in [1.54, 1.807) is 6.20 Å². The lowest BCUT2D eigenvalue weighted by molar-refractivity contribution is 0.822. The molecule has 5 rings (SSSR count). The van der Waals surface area contributed by atoms with Crippen molar-refractivity contribution in [3.05, 3.63) is 83.8 Å². The number of nitrogens with zero attached hydrogens (tertiary/aromatic N) is 4. The number of hydrogen-bond acceptors (Lipinski definition) is 6. The molecule has 0 atom stereocenters. The molecule has 6 nitrogen and oxygen atoms in total. The van der Waals surface area contributed by atoms with E-state index >= 15 is 0 Å². The van der Waals surface area contributed by atoms with E-state index < -0.39 is 0 Å². The van der Waals surface area contributed by atoms with Crippen LogP contribution >= 0.6 is 0 Å². The summed E-state index contributed by atoms with van der Waals surface area (Å²) in [5.41, 5.74) is 15.1. The number of anilines is 1. The number of aromatic nitrogens is 3. The van der Waals surface area contributed by atoms with Crippen LogP contribution in [0.15, 0.2) is 72.1 Å². The summed E-state index contributed by atoms with van der Waals surface area (Å²) in [5.74, 6) is 0.741. The second-order valence-corrected chi connectivity index (χ2v) is 7.57. The van der Waals surface area contributed by atoms with Crippen LogP contribution in [-0.2, 0) is 6.42 Å². The van der Waals surface area contributed by atoms with Gasteiger partial charge in [0.25, 0.3) is 0 Å². The monoisotopic (exact) mass is 406 g/mol. The van der Waals surface area contributed by atoms with Crippen LogP contribution < -0.4 is 5.32 Å². The predicted molar refractivity (Wildman–Crippen MR) is 124 cm³/mol. The first-order valence-electron chi connectivity index (χ1n) is 10.4. The maximum atomic E-state index is 7.36. The topological polar surface area (TPSA) is 86.9 Å². The quantitative estimate of drug-likeness (QED) is 0.397. The van der Waals surface area contributed by atoms with Gasteiger partial charge >= 0.3 is 0 Å². The molecule has 0 saturated carbocycles. The second kappa shape index (κ2) is 8.07. The molecule has 0 saturated heterocycles. The van der Waals surface area contributed by atoms with E-state index in [-0.39, 0.29) is 0 Å². The summed E-state index contributed by atoms with van der Waals surface area (Å²) in [5, 5.41) is 7.81. The molecule has 0 amide bonds. The molecule has 0 fully saturated rings. The van der Waals surface area contributed by atoms with E-state index in [9.17, 15) is 0 Å². The number of allylic oxidation sites excluding steroid dienone is 1. The molecule has 2 N–H and O–H groups in total. The first-order valence-corrected chi connectivity index (χ1v) is 10.4. The van der Waals surface area contributed by atoms with Crippen LogP contribution in [-0.4, -0.2) is 22.0 Å². The van der Waals surface area contributed by atoms with E-state index in [1.165, 1.54) is 0 Å². The van der Waals surface area contributed by atoms with E-state index in [0.29, 0.717) is 5.69 Å². The summed E-state index contributed by atoms with van der Waals surface area (Å²) in [6, 6.07) is 16.1. The third-order valence-electron chi connectivity index (χ3n) is 5.68. The fourth-order valence-electron chi connectivity index (χ4n) is 4.09. The van der Waals surface area contributed by atoms with Crippen LogP contribution in [0.3, 0.4) is 0 Å². The van der Waals surface area contributed by atoms with Crippen LogP contribution in [0.25, 0.3) is 27.9 Å². The highest BCUT2D eigenvalue weighted by Crippen LogP contribution is 2.35. The lowest BCUT2D eigenvalue weighted by Crippen LogP contribution is -2.02. The highest BCUT2D eigenvalue weighted by molar-refractivity contribution is 5.85. The molecule has 6 heteroatoms. The molecule has 4 aromatic rings. The predicted octanol–water partition coefficient (Wildman–Crippen LogP) is 6.16. The van der Waals surface area contributed by atoms with Gasteiger partial charge < -0.3 is 5.32 Å². The maximum Gasteiger partial charge on any atom is 0.159 e. The van der Waals surface area contributed by atoms with Crippen LogP contribution in [0.1, 0.15) is 29.7 Å². The number of aryl methyl sites for hydroxylation is 1. The molecular weight excluding hydrogens is 384 g/mol. The van der Waals surface area contributed by atoms with Gasteiger partial charge in [-0.25, -0.2) is 15.5 Å². The lowest BCUT2D eigenvalue weighted by atomic mass is 9.96. The summed E-state index contributed by atoms with van der Waals surface area (Å²) in [7, 11) is 1.84. The average molecular weight is 406 g/mol. The van der Waals surface area contributed by atoms with Gasteiger partial charge in [-0.3, -0.25) is 4.98 Å². The van der Waals surface area contributed by atoms with Gasteiger partial charge in [0, 0.05) is 36.0 Å². The largest absolute Gasteiger partial charge is 0.386 e. The van der Waals surface area contributed by atoms with E-state index in [4.69, 9.17) is 15.5 Å². The van der Waals surface area contributed by atoms with E-state index in [0.717, 1.165) is 69.6 Å². The minimum Gasteiger partial charge on any atom is -0.386 e.